The van der Waals surface area contributed by atoms with Crippen molar-refractivity contribution in [2.75, 3.05) is 33.0 Å². The Morgan fingerprint density at radius 3 is 2.76 bits per heavy atom. The van der Waals surface area contributed by atoms with Crippen molar-refractivity contribution in [3.8, 4) is 0 Å². The molecule has 0 saturated carbocycles. The second-order valence-electron chi connectivity index (χ2n) is 4.93. The third kappa shape index (κ3) is 8.48. The number of thiazole rings is 1. The van der Waals surface area contributed by atoms with Gasteiger partial charge in [0.25, 0.3) is 0 Å². The summed E-state index contributed by atoms with van der Waals surface area (Å²) in [7, 11) is 0. The molecule has 0 aliphatic carbocycles. The van der Waals surface area contributed by atoms with E-state index in [4.69, 9.17) is 9.47 Å². The highest BCUT2D eigenvalue weighted by Gasteiger charge is 2.13. The van der Waals surface area contributed by atoms with Crippen LogP contribution in [0.25, 0.3) is 0 Å². The van der Waals surface area contributed by atoms with E-state index in [0.29, 0.717) is 26.4 Å². The number of aliphatic hydroxyl groups excluding tert-OH is 1. The van der Waals surface area contributed by atoms with Crippen molar-refractivity contribution in [3.63, 3.8) is 0 Å². The predicted molar refractivity (Wildman–Crippen MR) is 85.7 cm³/mol. The van der Waals surface area contributed by atoms with Gasteiger partial charge < -0.3 is 19.9 Å². The maximum atomic E-state index is 9.89. The van der Waals surface area contributed by atoms with Crippen molar-refractivity contribution in [1.29, 1.82) is 0 Å². The van der Waals surface area contributed by atoms with Crippen molar-refractivity contribution in [2.24, 2.45) is 0 Å². The monoisotopic (exact) mass is 316 g/mol. The van der Waals surface area contributed by atoms with Crippen LogP contribution in [0.5, 0.6) is 0 Å². The number of unbranched alkanes of at least 4 members (excludes halogenated alkanes) is 1. The molecule has 0 aliphatic heterocycles. The lowest BCUT2D eigenvalue weighted by molar-refractivity contribution is 0.00314. The summed E-state index contributed by atoms with van der Waals surface area (Å²) < 4.78 is 10.8. The fourth-order valence-corrected chi connectivity index (χ4v) is 2.63. The Bertz CT molecular complexity index is 336. The minimum absolute atomic E-state index is 0.206. The van der Waals surface area contributed by atoms with E-state index in [-0.39, 0.29) is 6.04 Å². The van der Waals surface area contributed by atoms with E-state index in [0.717, 1.165) is 30.9 Å². The van der Waals surface area contributed by atoms with Crippen LogP contribution in [0.15, 0.2) is 11.6 Å². The zero-order chi connectivity index (χ0) is 15.3. The van der Waals surface area contributed by atoms with Crippen LogP contribution < -0.4 is 5.32 Å². The Balaban J connectivity index is 2.04. The molecule has 1 aromatic heterocycles. The van der Waals surface area contributed by atoms with Crippen LogP contribution in [-0.2, 0) is 9.47 Å². The number of ether oxygens (including phenoxy) is 2. The van der Waals surface area contributed by atoms with Gasteiger partial charge in [0.15, 0.2) is 0 Å². The van der Waals surface area contributed by atoms with Crippen molar-refractivity contribution >= 4 is 11.3 Å². The molecule has 2 N–H and O–H groups in total. The average Bonchev–Trinajstić information content (AvgIpc) is 3.01. The van der Waals surface area contributed by atoms with Gasteiger partial charge in [0.2, 0.25) is 0 Å². The van der Waals surface area contributed by atoms with E-state index < -0.39 is 6.10 Å². The number of rotatable bonds is 13. The molecule has 0 amide bonds. The predicted octanol–water partition coefficient (Wildman–Crippen LogP) is 2.38. The van der Waals surface area contributed by atoms with E-state index in [1.165, 1.54) is 0 Å². The fourth-order valence-electron chi connectivity index (χ4n) is 1.84. The Morgan fingerprint density at radius 2 is 2.10 bits per heavy atom. The van der Waals surface area contributed by atoms with Crippen LogP contribution in [0.3, 0.4) is 0 Å². The minimum atomic E-state index is -0.505. The molecule has 0 fully saturated rings. The van der Waals surface area contributed by atoms with Gasteiger partial charge in [0, 0.05) is 24.7 Å². The molecule has 2 unspecified atom stereocenters. The highest BCUT2D eigenvalue weighted by molar-refractivity contribution is 7.09. The molecule has 2 atom stereocenters. The number of aromatic nitrogens is 1. The van der Waals surface area contributed by atoms with Gasteiger partial charge in [0.05, 0.1) is 32.0 Å². The maximum absolute atomic E-state index is 9.89. The van der Waals surface area contributed by atoms with E-state index >= 15 is 0 Å². The van der Waals surface area contributed by atoms with Crippen LogP contribution in [0.4, 0.5) is 0 Å². The zero-order valence-corrected chi connectivity index (χ0v) is 13.9. The molecule has 122 valence electrons. The average molecular weight is 316 g/mol. The molecule has 1 heterocycles. The molecule has 1 aromatic rings. The largest absolute Gasteiger partial charge is 0.389 e. The van der Waals surface area contributed by atoms with Crippen LogP contribution in [-0.4, -0.2) is 49.2 Å². The van der Waals surface area contributed by atoms with E-state index in [9.17, 15) is 5.11 Å². The van der Waals surface area contributed by atoms with Gasteiger partial charge in [0.1, 0.15) is 5.01 Å². The zero-order valence-electron chi connectivity index (χ0n) is 13.1. The first kappa shape index (κ1) is 18.5. The van der Waals surface area contributed by atoms with Crippen LogP contribution in [0.1, 0.15) is 44.2 Å². The first-order valence-corrected chi connectivity index (χ1v) is 8.62. The molecule has 0 saturated heterocycles. The number of nitrogens with one attached hydrogen (secondary N) is 1. The molecule has 0 radical (unpaired) electrons. The van der Waals surface area contributed by atoms with Crippen molar-refractivity contribution in [3.05, 3.63) is 16.6 Å². The maximum Gasteiger partial charge on any atom is 0.109 e. The number of hydrogen-bond acceptors (Lipinski definition) is 6. The summed E-state index contributed by atoms with van der Waals surface area (Å²) in [6.07, 6.45) is 4.48. The second kappa shape index (κ2) is 12.1. The third-order valence-corrected chi connectivity index (χ3v) is 3.97. The molecular formula is C15H28N2O3S. The molecule has 0 aromatic carbocycles. The Kier molecular flexibility index (Phi) is 10.6. The van der Waals surface area contributed by atoms with Gasteiger partial charge in [-0.25, -0.2) is 4.98 Å². The standard InChI is InChI=1S/C15H28N2O3S/c1-3-5-7-19-8-9-20-12-13(18)11-17-14(4-2)15-16-6-10-21-15/h6,10,13-14,17-18H,3-5,7-9,11-12H2,1-2H3. The molecule has 0 bridgehead atoms. The molecular weight excluding hydrogens is 288 g/mol. The van der Waals surface area contributed by atoms with Gasteiger partial charge in [-0.05, 0) is 12.8 Å². The Labute approximate surface area is 131 Å². The number of nitrogens with zero attached hydrogens (tertiary/aromatic N) is 1. The van der Waals surface area contributed by atoms with E-state index in [1.807, 2.05) is 11.6 Å². The van der Waals surface area contributed by atoms with Crippen molar-refractivity contribution in [2.45, 2.75) is 45.3 Å². The summed E-state index contributed by atoms with van der Waals surface area (Å²) in [6, 6.07) is 0.206. The van der Waals surface area contributed by atoms with E-state index in [2.05, 4.69) is 24.1 Å². The van der Waals surface area contributed by atoms with Crippen molar-refractivity contribution in [1.82, 2.24) is 10.3 Å². The van der Waals surface area contributed by atoms with Crippen LogP contribution in [0.2, 0.25) is 0 Å². The van der Waals surface area contributed by atoms with E-state index in [1.54, 1.807) is 11.3 Å². The van der Waals surface area contributed by atoms with Crippen LogP contribution >= 0.6 is 11.3 Å². The lowest BCUT2D eigenvalue weighted by Gasteiger charge is -2.17. The van der Waals surface area contributed by atoms with Crippen molar-refractivity contribution < 1.29 is 14.6 Å². The summed E-state index contributed by atoms with van der Waals surface area (Å²) >= 11 is 1.64. The molecule has 21 heavy (non-hydrogen) atoms. The lowest BCUT2D eigenvalue weighted by Crippen LogP contribution is -2.33. The first-order chi connectivity index (χ1) is 10.3. The highest BCUT2D eigenvalue weighted by Crippen LogP contribution is 2.18. The normalized spacial score (nSPS) is 14.2. The summed E-state index contributed by atoms with van der Waals surface area (Å²) in [5.41, 5.74) is 0. The topological polar surface area (TPSA) is 63.6 Å². The SMILES string of the molecule is CCCCOCCOCC(O)CNC(CC)c1nccs1. The minimum Gasteiger partial charge on any atom is -0.389 e. The molecule has 5 nitrogen and oxygen atoms in total. The summed E-state index contributed by atoms with van der Waals surface area (Å²) in [5.74, 6) is 0. The fraction of sp³-hybridized carbons (Fsp3) is 0.800. The second-order valence-corrected chi connectivity index (χ2v) is 5.86. The Morgan fingerprint density at radius 1 is 1.29 bits per heavy atom. The van der Waals surface area contributed by atoms with Gasteiger partial charge >= 0.3 is 0 Å². The van der Waals surface area contributed by atoms with Gasteiger partial charge in [-0.15, -0.1) is 11.3 Å². The number of aliphatic hydroxyl groups is 1. The molecule has 0 spiro atoms. The third-order valence-electron chi connectivity index (χ3n) is 3.08. The summed E-state index contributed by atoms with van der Waals surface area (Å²) in [5, 5.41) is 16.2. The first-order valence-electron chi connectivity index (χ1n) is 7.74. The van der Waals surface area contributed by atoms with Gasteiger partial charge in [-0.1, -0.05) is 20.3 Å². The van der Waals surface area contributed by atoms with Gasteiger partial charge in [-0.3, -0.25) is 0 Å². The molecule has 6 heteroatoms. The highest BCUT2D eigenvalue weighted by atomic mass is 32.1. The molecule has 1 rings (SSSR count). The summed E-state index contributed by atoms with van der Waals surface area (Å²) in [6.45, 7) is 7.00. The quantitative estimate of drug-likeness (QED) is 0.547. The van der Waals surface area contributed by atoms with Crippen LogP contribution in [0, 0.1) is 0 Å². The molecule has 0 aliphatic rings. The summed E-state index contributed by atoms with van der Waals surface area (Å²) in [4.78, 5) is 4.30. The smallest absolute Gasteiger partial charge is 0.109 e. The Hall–Kier alpha value is -0.530. The number of hydrogen-bond donors (Lipinski definition) is 2. The lowest BCUT2D eigenvalue weighted by atomic mass is 10.2. The van der Waals surface area contributed by atoms with Gasteiger partial charge in [-0.2, -0.15) is 0 Å².